The van der Waals surface area contributed by atoms with Crippen LogP contribution >= 0.6 is 0 Å². The van der Waals surface area contributed by atoms with Gasteiger partial charge in [-0.15, -0.1) is 0 Å². The van der Waals surface area contributed by atoms with Gasteiger partial charge in [0.15, 0.2) is 0 Å². The molecular weight excluding hydrogens is 328 g/mol. The summed E-state index contributed by atoms with van der Waals surface area (Å²) in [6.45, 7) is 9.19. The van der Waals surface area contributed by atoms with Gasteiger partial charge in [0.25, 0.3) is 5.82 Å². The summed E-state index contributed by atoms with van der Waals surface area (Å²) in [4.78, 5) is 3.45. The Labute approximate surface area is 170 Å². The lowest BCUT2D eigenvalue weighted by Gasteiger charge is -2.10. The largest absolute Gasteiger partial charge is 0.257 e. The van der Waals surface area contributed by atoms with Crippen LogP contribution in [0.15, 0.2) is 12.4 Å². The Hall–Kier alpha value is -0.790. The van der Waals surface area contributed by atoms with Crippen LogP contribution in [-0.4, -0.2) is 4.98 Å². The number of hydrogen-bond acceptors (Lipinski definition) is 0. The minimum Gasteiger partial charge on any atom is -0.247 e. The molecule has 0 aliphatic rings. The van der Waals surface area contributed by atoms with Crippen LogP contribution in [-0.2, 0) is 0 Å². The third kappa shape index (κ3) is 11.6. The van der Waals surface area contributed by atoms with E-state index in [1.165, 1.54) is 109 Å². The van der Waals surface area contributed by atoms with Crippen LogP contribution in [0.2, 0.25) is 0 Å². The van der Waals surface area contributed by atoms with Gasteiger partial charge in [-0.2, -0.15) is 0 Å². The first kappa shape index (κ1) is 24.2. The van der Waals surface area contributed by atoms with Crippen molar-refractivity contribution in [3.63, 3.8) is 0 Å². The van der Waals surface area contributed by atoms with Gasteiger partial charge in [0, 0.05) is 0 Å². The third-order valence-corrected chi connectivity index (χ3v) is 6.01. The van der Waals surface area contributed by atoms with Crippen LogP contribution in [0.3, 0.4) is 0 Å². The molecule has 0 saturated carbocycles. The summed E-state index contributed by atoms with van der Waals surface area (Å²) in [5.74, 6) is 2.04. The SMILES string of the molecule is CCCCCCCCCCCCCCCCC[C@H](C)c1[nH]cc[n+]1C(C)C. The number of hydrogen-bond donors (Lipinski definition) is 1. The molecule has 1 N–H and O–H groups in total. The van der Waals surface area contributed by atoms with E-state index in [1.807, 2.05) is 0 Å². The number of unbranched alkanes of at least 4 members (excludes halogenated alkanes) is 14. The summed E-state index contributed by atoms with van der Waals surface area (Å²) in [6.07, 6.45) is 27.2. The zero-order valence-corrected chi connectivity index (χ0v) is 19.1. The molecule has 1 rings (SSSR count). The Morgan fingerprint density at radius 2 is 1.15 bits per heavy atom. The molecule has 0 saturated heterocycles. The second-order valence-electron chi connectivity index (χ2n) is 8.99. The Morgan fingerprint density at radius 1 is 0.704 bits per heavy atom. The number of imidazole rings is 1. The molecule has 0 bridgehead atoms. The van der Waals surface area contributed by atoms with Crippen molar-refractivity contribution >= 4 is 0 Å². The van der Waals surface area contributed by atoms with Crippen LogP contribution in [0, 0.1) is 0 Å². The lowest BCUT2D eigenvalue weighted by molar-refractivity contribution is -0.723. The molecule has 2 nitrogen and oxygen atoms in total. The van der Waals surface area contributed by atoms with E-state index in [0.717, 1.165) is 0 Å². The van der Waals surface area contributed by atoms with E-state index in [2.05, 4.69) is 49.6 Å². The van der Waals surface area contributed by atoms with Gasteiger partial charge in [-0.3, -0.25) is 0 Å². The highest BCUT2D eigenvalue weighted by Gasteiger charge is 2.19. The van der Waals surface area contributed by atoms with Gasteiger partial charge in [-0.05, 0) is 20.3 Å². The predicted molar refractivity (Wildman–Crippen MR) is 119 cm³/mol. The molecule has 0 aliphatic heterocycles. The molecule has 0 radical (unpaired) electrons. The van der Waals surface area contributed by atoms with Crippen molar-refractivity contribution in [1.82, 2.24) is 4.98 Å². The van der Waals surface area contributed by atoms with Gasteiger partial charge in [0.1, 0.15) is 12.4 Å². The fraction of sp³-hybridized carbons (Fsp3) is 0.880. The first-order valence-electron chi connectivity index (χ1n) is 12.2. The minimum absolute atomic E-state index is 0.551. The molecular formula is C25H49N2+. The second kappa shape index (κ2) is 16.2. The summed E-state index contributed by atoms with van der Waals surface area (Å²) in [7, 11) is 0. The van der Waals surface area contributed by atoms with E-state index in [4.69, 9.17) is 0 Å². The maximum Gasteiger partial charge on any atom is 0.257 e. The van der Waals surface area contributed by atoms with E-state index in [9.17, 15) is 0 Å². The predicted octanol–water partition coefficient (Wildman–Crippen LogP) is 8.25. The normalized spacial score (nSPS) is 12.8. The molecule has 0 amide bonds. The Kier molecular flexibility index (Phi) is 14.5. The van der Waals surface area contributed by atoms with E-state index in [0.29, 0.717) is 12.0 Å². The van der Waals surface area contributed by atoms with E-state index in [-0.39, 0.29) is 0 Å². The van der Waals surface area contributed by atoms with Crippen LogP contribution in [0.1, 0.15) is 148 Å². The molecule has 0 aromatic carbocycles. The number of aromatic nitrogens is 2. The molecule has 1 aromatic rings. The van der Waals surface area contributed by atoms with Crippen LogP contribution in [0.5, 0.6) is 0 Å². The zero-order chi connectivity index (χ0) is 19.7. The van der Waals surface area contributed by atoms with Gasteiger partial charge in [0.05, 0.1) is 12.0 Å². The molecule has 1 heterocycles. The molecule has 2 heteroatoms. The van der Waals surface area contributed by atoms with Crippen molar-refractivity contribution in [2.45, 2.75) is 142 Å². The quantitative estimate of drug-likeness (QED) is 0.196. The van der Waals surface area contributed by atoms with Crippen molar-refractivity contribution < 1.29 is 4.57 Å². The fourth-order valence-electron chi connectivity index (χ4n) is 4.16. The highest BCUT2D eigenvalue weighted by molar-refractivity contribution is 4.87. The molecule has 1 atom stereocenters. The van der Waals surface area contributed by atoms with E-state index >= 15 is 0 Å². The minimum atomic E-state index is 0.551. The summed E-state index contributed by atoms with van der Waals surface area (Å²) in [5, 5.41) is 0. The van der Waals surface area contributed by atoms with Crippen molar-refractivity contribution in [1.29, 1.82) is 0 Å². The molecule has 1 aromatic heterocycles. The highest BCUT2D eigenvalue weighted by atomic mass is 15.1. The average Bonchev–Trinajstić information content (AvgIpc) is 3.15. The molecule has 0 aliphatic carbocycles. The van der Waals surface area contributed by atoms with E-state index in [1.54, 1.807) is 0 Å². The van der Waals surface area contributed by atoms with Gasteiger partial charge in [-0.1, -0.05) is 110 Å². The summed E-state index contributed by atoms with van der Waals surface area (Å²) < 4.78 is 2.38. The average molecular weight is 378 g/mol. The van der Waals surface area contributed by atoms with Crippen molar-refractivity contribution in [2.75, 3.05) is 0 Å². The Balaban J connectivity index is 1.87. The number of rotatable bonds is 18. The monoisotopic (exact) mass is 377 g/mol. The van der Waals surface area contributed by atoms with Crippen LogP contribution < -0.4 is 4.57 Å². The van der Waals surface area contributed by atoms with Crippen molar-refractivity contribution in [3.05, 3.63) is 18.2 Å². The lowest BCUT2D eigenvalue weighted by atomic mass is 10.00. The first-order chi connectivity index (χ1) is 13.2. The molecule has 0 unspecified atom stereocenters. The Morgan fingerprint density at radius 3 is 1.59 bits per heavy atom. The standard InChI is InChI=1S/C25H48N2/c1-5-6-7-8-9-10-11-12-13-14-15-16-17-18-19-20-24(4)25-26-21-22-27(25)23(2)3/h21-24H,5-20H2,1-4H3/p+1/t24-/m0/s1. The number of nitrogens with one attached hydrogen (secondary N) is 1. The smallest absolute Gasteiger partial charge is 0.247 e. The van der Waals surface area contributed by atoms with Crippen LogP contribution in [0.4, 0.5) is 0 Å². The van der Waals surface area contributed by atoms with Gasteiger partial charge in [0.2, 0.25) is 0 Å². The number of aromatic amines is 1. The second-order valence-corrected chi connectivity index (χ2v) is 8.99. The van der Waals surface area contributed by atoms with Crippen molar-refractivity contribution in [3.8, 4) is 0 Å². The van der Waals surface area contributed by atoms with Crippen LogP contribution in [0.25, 0.3) is 0 Å². The topological polar surface area (TPSA) is 19.7 Å². The zero-order valence-electron chi connectivity index (χ0n) is 19.1. The highest BCUT2D eigenvalue weighted by Crippen LogP contribution is 2.20. The summed E-state index contributed by atoms with van der Waals surface area (Å²) in [5.41, 5.74) is 0. The van der Waals surface area contributed by atoms with Gasteiger partial charge < -0.3 is 0 Å². The maximum absolute atomic E-state index is 3.45. The first-order valence-corrected chi connectivity index (χ1v) is 12.2. The molecule has 158 valence electrons. The number of H-pyrrole nitrogens is 1. The van der Waals surface area contributed by atoms with E-state index < -0.39 is 0 Å². The summed E-state index contributed by atoms with van der Waals surface area (Å²) >= 11 is 0. The van der Waals surface area contributed by atoms with Crippen molar-refractivity contribution in [2.24, 2.45) is 0 Å². The third-order valence-electron chi connectivity index (χ3n) is 6.01. The maximum atomic E-state index is 3.45. The summed E-state index contributed by atoms with van der Waals surface area (Å²) in [6, 6.07) is 0.551. The molecule has 0 fully saturated rings. The lowest BCUT2D eigenvalue weighted by Crippen LogP contribution is -2.39. The molecule has 0 spiro atoms. The molecule has 27 heavy (non-hydrogen) atoms. The van der Waals surface area contributed by atoms with Gasteiger partial charge in [-0.25, -0.2) is 9.55 Å². The fourth-order valence-corrected chi connectivity index (χ4v) is 4.16. The number of nitrogens with zero attached hydrogens (tertiary/aromatic N) is 1. The Bertz CT molecular complexity index is 435. The van der Waals surface area contributed by atoms with Gasteiger partial charge >= 0.3 is 0 Å².